The molecule has 0 radical (unpaired) electrons. The Morgan fingerprint density at radius 1 is 1.62 bits per heavy atom. The van der Waals surface area contributed by atoms with Gasteiger partial charge in [0.25, 0.3) is 0 Å². The van der Waals surface area contributed by atoms with Gasteiger partial charge in [-0.05, 0) is 13.1 Å². The highest BCUT2D eigenvalue weighted by atomic mass is 16.3. The van der Waals surface area contributed by atoms with Crippen molar-refractivity contribution in [2.24, 2.45) is 0 Å². The maximum absolute atomic E-state index is 8.91. The fourth-order valence-corrected chi connectivity index (χ4v) is 1.59. The molecule has 90 valence electrons. The first-order chi connectivity index (χ1) is 7.80. The lowest BCUT2D eigenvalue weighted by Crippen LogP contribution is -2.26. The molecule has 0 aliphatic rings. The summed E-state index contributed by atoms with van der Waals surface area (Å²) in [6.45, 7) is 6.75. The van der Waals surface area contributed by atoms with Crippen LogP contribution in [-0.2, 0) is 13.1 Å². The van der Waals surface area contributed by atoms with Crippen molar-refractivity contribution < 1.29 is 9.52 Å². The Labute approximate surface area is 96.6 Å². The normalized spacial score (nSPS) is 10.9. The molecule has 0 amide bonds. The van der Waals surface area contributed by atoms with Crippen molar-refractivity contribution in [2.45, 2.75) is 13.1 Å². The van der Waals surface area contributed by atoms with Crippen LogP contribution < -0.4 is 5.32 Å². The number of aliphatic hydroxyl groups is 1. The molecule has 1 rings (SSSR count). The second kappa shape index (κ2) is 7.22. The smallest absolute Gasteiger partial charge is 0.118 e. The second-order valence-corrected chi connectivity index (χ2v) is 3.70. The van der Waals surface area contributed by atoms with E-state index in [0.717, 1.165) is 24.4 Å². The van der Waals surface area contributed by atoms with E-state index >= 15 is 0 Å². The monoisotopic (exact) mass is 224 g/mol. The van der Waals surface area contributed by atoms with Crippen molar-refractivity contribution in [1.29, 1.82) is 0 Å². The third kappa shape index (κ3) is 4.18. The zero-order chi connectivity index (χ0) is 11.8. The SMILES string of the molecule is C=CCN(CCO)Cc1cc(CNC)co1. The molecule has 0 fully saturated rings. The molecule has 1 aromatic rings. The van der Waals surface area contributed by atoms with E-state index in [1.165, 1.54) is 0 Å². The Kier molecular flexibility index (Phi) is 5.85. The molecule has 0 saturated carbocycles. The van der Waals surface area contributed by atoms with Crippen molar-refractivity contribution in [2.75, 3.05) is 26.7 Å². The lowest BCUT2D eigenvalue weighted by molar-refractivity contribution is 0.194. The summed E-state index contributed by atoms with van der Waals surface area (Å²) in [6, 6.07) is 2.03. The Balaban J connectivity index is 2.51. The lowest BCUT2D eigenvalue weighted by atomic mass is 10.3. The maximum atomic E-state index is 8.91. The lowest BCUT2D eigenvalue weighted by Gasteiger charge is -2.17. The maximum Gasteiger partial charge on any atom is 0.118 e. The van der Waals surface area contributed by atoms with Crippen LogP contribution in [0.15, 0.2) is 29.4 Å². The summed E-state index contributed by atoms with van der Waals surface area (Å²) >= 11 is 0. The minimum absolute atomic E-state index is 0.151. The Morgan fingerprint density at radius 3 is 3.06 bits per heavy atom. The number of hydrogen-bond acceptors (Lipinski definition) is 4. The van der Waals surface area contributed by atoms with Gasteiger partial charge in [-0.1, -0.05) is 6.08 Å². The summed E-state index contributed by atoms with van der Waals surface area (Å²) in [6.07, 6.45) is 3.59. The van der Waals surface area contributed by atoms with E-state index in [9.17, 15) is 0 Å². The van der Waals surface area contributed by atoms with Crippen molar-refractivity contribution in [3.63, 3.8) is 0 Å². The summed E-state index contributed by atoms with van der Waals surface area (Å²) in [7, 11) is 1.91. The molecule has 16 heavy (non-hydrogen) atoms. The molecular weight excluding hydrogens is 204 g/mol. The van der Waals surface area contributed by atoms with Crippen LogP contribution in [0.5, 0.6) is 0 Å². The van der Waals surface area contributed by atoms with Gasteiger partial charge >= 0.3 is 0 Å². The zero-order valence-corrected chi connectivity index (χ0v) is 9.78. The molecule has 4 heteroatoms. The van der Waals surface area contributed by atoms with E-state index < -0.39 is 0 Å². The van der Waals surface area contributed by atoms with Crippen LogP contribution >= 0.6 is 0 Å². The predicted octanol–water partition coefficient (Wildman–Crippen LogP) is 0.979. The molecule has 0 aromatic carbocycles. The standard InChI is InChI=1S/C12H20N2O2/c1-3-4-14(5-6-15)9-12-7-11(8-13-2)10-16-12/h3,7,10,13,15H,1,4-6,8-9H2,2H3. The zero-order valence-electron chi connectivity index (χ0n) is 9.78. The fourth-order valence-electron chi connectivity index (χ4n) is 1.59. The number of furan rings is 1. The van der Waals surface area contributed by atoms with E-state index in [-0.39, 0.29) is 6.61 Å². The topological polar surface area (TPSA) is 48.6 Å². The summed E-state index contributed by atoms with van der Waals surface area (Å²) in [5.41, 5.74) is 1.14. The summed E-state index contributed by atoms with van der Waals surface area (Å²) < 4.78 is 5.44. The van der Waals surface area contributed by atoms with Crippen LogP contribution in [0, 0.1) is 0 Å². The van der Waals surface area contributed by atoms with Gasteiger partial charge in [-0.15, -0.1) is 6.58 Å². The summed E-state index contributed by atoms with van der Waals surface area (Å²) in [5, 5.41) is 12.0. The molecule has 0 bridgehead atoms. The molecular formula is C12H20N2O2. The number of rotatable bonds is 8. The third-order valence-corrected chi connectivity index (χ3v) is 2.27. The first-order valence-electron chi connectivity index (χ1n) is 5.45. The highest BCUT2D eigenvalue weighted by Gasteiger charge is 2.07. The predicted molar refractivity (Wildman–Crippen MR) is 64.0 cm³/mol. The van der Waals surface area contributed by atoms with Gasteiger partial charge in [0.05, 0.1) is 19.4 Å². The first kappa shape index (κ1) is 13.0. The van der Waals surface area contributed by atoms with Gasteiger partial charge in [-0.3, -0.25) is 4.90 Å². The Hall–Kier alpha value is -1.10. The third-order valence-electron chi connectivity index (χ3n) is 2.27. The van der Waals surface area contributed by atoms with Crippen molar-refractivity contribution >= 4 is 0 Å². The average Bonchev–Trinajstić information content (AvgIpc) is 2.67. The van der Waals surface area contributed by atoms with Crippen LogP contribution in [0.1, 0.15) is 11.3 Å². The minimum Gasteiger partial charge on any atom is -0.468 e. The Bertz CT molecular complexity index is 310. The molecule has 1 heterocycles. The van der Waals surface area contributed by atoms with Crippen molar-refractivity contribution in [3.8, 4) is 0 Å². The Morgan fingerprint density at radius 2 is 2.44 bits per heavy atom. The first-order valence-corrected chi connectivity index (χ1v) is 5.45. The number of nitrogens with one attached hydrogen (secondary N) is 1. The second-order valence-electron chi connectivity index (χ2n) is 3.70. The average molecular weight is 224 g/mol. The molecule has 0 atom stereocenters. The van der Waals surface area contributed by atoms with Crippen molar-refractivity contribution in [3.05, 3.63) is 36.3 Å². The quantitative estimate of drug-likeness (QED) is 0.646. The van der Waals surface area contributed by atoms with Crippen LogP contribution in [-0.4, -0.2) is 36.8 Å². The van der Waals surface area contributed by atoms with Crippen LogP contribution in [0.3, 0.4) is 0 Å². The van der Waals surface area contributed by atoms with Gasteiger partial charge in [-0.25, -0.2) is 0 Å². The molecule has 0 saturated heterocycles. The number of aliphatic hydroxyl groups excluding tert-OH is 1. The summed E-state index contributed by atoms with van der Waals surface area (Å²) in [4.78, 5) is 2.08. The molecule has 0 unspecified atom stereocenters. The van der Waals surface area contributed by atoms with Gasteiger partial charge in [0.1, 0.15) is 5.76 Å². The molecule has 0 spiro atoms. The van der Waals surface area contributed by atoms with Crippen LogP contribution in [0.25, 0.3) is 0 Å². The molecule has 2 N–H and O–H groups in total. The molecule has 0 aliphatic heterocycles. The van der Waals surface area contributed by atoms with E-state index in [2.05, 4.69) is 16.8 Å². The molecule has 0 aliphatic carbocycles. The van der Waals surface area contributed by atoms with Crippen LogP contribution in [0.4, 0.5) is 0 Å². The van der Waals surface area contributed by atoms with E-state index in [1.54, 1.807) is 6.26 Å². The van der Waals surface area contributed by atoms with Gasteiger partial charge in [0.2, 0.25) is 0 Å². The number of hydrogen-bond donors (Lipinski definition) is 2. The van der Waals surface area contributed by atoms with Gasteiger partial charge in [0.15, 0.2) is 0 Å². The van der Waals surface area contributed by atoms with Gasteiger partial charge in [0, 0.05) is 25.2 Å². The van der Waals surface area contributed by atoms with Crippen LogP contribution in [0.2, 0.25) is 0 Å². The number of nitrogens with zero attached hydrogens (tertiary/aromatic N) is 1. The van der Waals surface area contributed by atoms with E-state index in [4.69, 9.17) is 9.52 Å². The highest BCUT2D eigenvalue weighted by molar-refractivity contribution is 5.12. The van der Waals surface area contributed by atoms with E-state index in [0.29, 0.717) is 13.1 Å². The fraction of sp³-hybridized carbons (Fsp3) is 0.500. The van der Waals surface area contributed by atoms with Gasteiger partial charge < -0.3 is 14.8 Å². The largest absolute Gasteiger partial charge is 0.468 e. The molecule has 4 nitrogen and oxygen atoms in total. The summed E-state index contributed by atoms with van der Waals surface area (Å²) in [5.74, 6) is 0.917. The van der Waals surface area contributed by atoms with Crippen molar-refractivity contribution in [1.82, 2.24) is 10.2 Å². The van der Waals surface area contributed by atoms with Gasteiger partial charge in [-0.2, -0.15) is 0 Å². The molecule has 1 aromatic heterocycles. The van der Waals surface area contributed by atoms with E-state index in [1.807, 2.05) is 19.2 Å². The highest BCUT2D eigenvalue weighted by Crippen LogP contribution is 2.10. The minimum atomic E-state index is 0.151.